The Balaban J connectivity index is 0.000000633. The number of rotatable bonds is 11. The zero-order chi connectivity index (χ0) is 25.4. The van der Waals surface area contributed by atoms with Gasteiger partial charge in [0, 0.05) is 18.2 Å². The third kappa shape index (κ3) is 11.0. The monoisotopic (exact) mass is 474 g/mol. The molecular formula is C26H38O6Si. The molecule has 1 aromatic rings. The summed E-state index contributed by atoms with van der Waals surface area (Å²) in [6, 6.07) is 9.38. The van der Waals surface area contributed by atoms with Crippen LogP contribution in [0.3, 0.4) is 0 Å². The smallest absolute Gasteiger partial charge is 0.330 e. The van der Waals surface area contributed by atoms with Gasteiger partial charge in [-0.25, -0.2) is 14.4 Å². The number of esters is 2. The van der Waals surface area contributed by atoms with E-state index in [-0.39, 0.29) is 19.2 Å². The molecule has 0 spiro atoms. The lowest BCUT2D eigenvalue weighted by Gasteiger charge is -2.40. The van der Waals surface area contributed by atoms with Crippen molar-refractivity contribution < 1.29 is 28.3 Å². The zero-order valence-corrected chi connectivity index (χ0v) is 21.7. The molecule has 1 aromatic carbocycles. The highest BCUT2D eigenvalue weighted by atomic mass is 28.4. The van der Waals surface area contributed by atoms with E-state index in [1.54, 1.807) is 6.08 Å². The first-order valence-corrected chi connectivity index (χ1v) is 13.2. The van der Waals surface area contributed by atoms with Gasteiger partial charge in [0.2, 0.25) is 0 Å². The summed E-state index contributed by atoms with van der Waals surface area (Å²) in [5, 5.41) is 0. The maximum Gasteiger partial charge on any atom is 0.330 e. The molecule has 182 valence electrons. The fourth-order valence-corrected chi connectivity index (χ4v) is 8.83. The number of hydrogen-bond acceptors (Lipinski definition) is 6. The lowest BCUT2D eigenvalue weighted by atomic mass is 10.2. The number of carbonyl (C=O) groups is 3. The molecule has 0 saturated heterocycles. The average molecular weight is 475 g/mol. The molecule has 6 nitrogen and oxygen atoms in total. The number of hydrogen-bond donors (Lipinski definition) is 0. The van der Waals surface area contributed by atoms with Crippen LogP contribution in [0.1, 0.15) is 47.1 Å². The fraction of sp³-hybridized carbons (Fsp3) is 0.423. The highest BCUT2D eigenvalue weighted by Gasteiger charge is 2.47. The summed E-state index contributed by atoms with van der Waals surface area (Å²) in [6.07, 6.45) is 5.30. The van der Waals surface area contributed by atoms with E-state index >= 15 is 0 Å². The quantitative estimate of drug-likeness (QED) is 0.173. The van der Waals surface area contributed by atoms with Crippen molar-refractivity contribution in [3.05, 3.63) is 67.3 Å². The summed E-state index contributed by atoms with van der Waals surface area (Å²) in [7, 11) is -2.03. The molecule has 0 fully saturated rings. The summed E-state index contributed by atoms with van der Waals surface area (Å²) in [5.41, 5.74) is 2.21. The summed E-state index contributed by atoms with van der Waals surface area (Å²) in [6.45, 7) is 19.7. The molecule has 0 radical (unpaired) electrons. The molecule has 7 heteroatoms. The molecular weight excluding hydrogens is 436 g/mol. The van der Waals surface area contributed by atoms with Crippen molar-refractivity contribution in [1.29, 1.82) is 0 Å². The van der Waals surface area contributed by atoms with E-state index in [2.05, 4.69) is 59.4 Å². The van der Waals surface area contributed by atoms with Crippen LogP contribution in [-0.2, 0) is 28.3 Å². The van der Waals surface area contributed by atoms with E-state index in [4.69, 9.17) is 9.16 Å². The van der Waals surface area contributed by atoms with Gasteiger partial charge in [-0.1, -0.05) is 85.0 Å². The Hall–Kier alpha value is -2.93. The van der Waals surface area contributed by atoms with Gasteiger partial charge >= 0.3 is 17.9 Å². The van der Waals surface area contributed by atoms with E-state index in [1.165, 1.54) is 12.2 Å². The lowest BCUT2D eigenvalue weighted by Crippen LogP contribution is -2.48. The Morgan fingerprint density at radius 2 is 1.24 bits per heavy atom. The molecule has 0 aliphatic heterocycles. The van der Waals surface area contributed by atoms with Gasteiger partial charge in [-0.05, 0) is 28.3 Å². The van der Waals surface area contributed by atoms with E-state index in [9.17, 15) is 14.4 Å². The molecule has 0 heterocycles. The van der Waals surface area contributed by atoms with E-state index < -0.39 is 20.3 Å². The van der Waals surface area contributed by atoms with Crippen molar-refractivity contribution in [2.24, 2.45) is 0 Å². The lowest BCUT2D eigenvalue weighted by molar-refractivity contribution is -0.145. The van der Waals surface area contributed by atoms with Gasteiger partial charge in [-0.2, -0.15) is 0 Å². The fourth-order valence-electron chi connectivity index (χ4n) is 3.69. The molecule has 0 aliphatic rings. The van der Waals surface area contributed by atoms with Gasteiger partial charge in [-0.3, -0.25) is 0 Å². The zero-order valence-electron chi connectivity index (χ0n) is 20.7. The summed E-state index contributed by atoms with van der Waals surface area (Å²) in [5.74, 6) is -1.28. The standard InChI is InChI=1S/C14H14O4.C12H24O2Si/c1-2-13(15)17-10-11-18-14(16)9-8-12-6-4-3-5-7-12;1-8-12(13)14-15(9(2)3,10(4)5)11(6)7/h2-9H,1,10-11H2;8-11H,1H2,2-7H3. The van der Waals surface area contributed by atoms with Gasteiger partial charge < -0.3 is 13.9 Å². The normalized spacial score (nSPS) is 11.1. The SMILES string of the molecule is C=CC(=O)OCCOC(=O)C=Cc1ccccc1.C=CC(=O)O[Si](C(C)C)(C(C)C)C(C)C. The van der Waals surface area contributed by atoms with E-state index in [0.29, 0.717) is 16.6 Å². The molecule has 0 N–H and O–H groups in total. The predicted molar refractivity (Wildman–Crippen MR) is 135 cm³/mol. The molecule has 0 atom stereocenters. The van der Waals surface area contributed by atoms with Gasteiger partial charge in [0.25, 0.3) is 8.32 Å². The highest BCUT2D eigenvalue weighted by Crippen LogP contribution is 2.42. The Morgan fingerprint density at radius 1 is 0.788 bits per heavy atom. The van der Waals surface area contributed by atoms with Crippen molar-refractivity contribution >= 4 is 32.3 Å². The minimum atomic E-state index is -2.03. The molecule has 0 unspecified atom stereocenters. The number of carbonyl (C=O) groups excluding carboxylic acids is 3. The van der Waals surface area contributed by atoms with Crippen molar-refractivity contribution in [3.63, 3.8) is 0 Å². The molecule has 0 saturated carbocycles. The van der Waals surface area contributed by atoms with Gasteiger partial charge in [-0.15, -0.1) is 0 Å². The third-order valence-electron chi connectivity index (χ3n) is 5.10. The van der Waals surface area contributed by atoms with Crippen molar-refractivity contribution in [2.75, 3.05) is 13.2 Å². The van der Waals surface area contributed by atoms with Gasteiger partial charge in [0.1, 0.15) is 13.2 Å². The molecule has 0 bridgehead atoms. The maximum absolute atomic E-state index is 11.4. The van der Waals surface area contributed by atoms with Crippen molar-refractivity contribution in [3.8, 4) is 0 Å². The highest BCUT2D eigenvalue weighted by molar-refractivity contribution is 6.79. The van der Waals surface area contributed by atoms with Crippen LogP contribution in [0.2, 0.25) is 16.6 Å². The largest absolute Gasteiger partial charge is 0.515 e. The maximum atomic E-state index is 11.4. The predicted octanol–water partition coefficient (Wildman–Crippen LogP) is 5.86. The Morgan fingerprint density at radius 3 is 1.67 bits per heavy atom. The minimum absolute atomic E-state index is 0.0236. The van der Waals surface area contributed by atoms with E-state index in [1.807, 2.05) is 30.3 Å². The molecule has 0 aliphatic carbocycles. The summed E-state index contributed by atoms with van der Waals surface area (Å²) < 4.78 is 15.2. The van der Waals surface area contributed by atoms with Gasteiger partial charge in [0.05, 0.1) is 0 Å². The molecule has 0 aromatic heterocycles. The number of ether oxygens (including phenoxy) is 2. The first-order chi connectivity index (χ1) is 15.5. The Bertz CT molecular complexity index is 774. The first-order valence-electron chi connectivity index (χ1n) is 11.1. The molecule has 0 amide bonds. The second-order valence-corrected chi connectivity index (χ2v) is 13.6. The average Bonchev–Trinajstić information content (AvgIpc) is 2.78. The van der Waals surface area contributed by atoms with Crippen LogP contribution in [0.15, 0.2) is 61.7 Å². The number of benzene rings is 1. The van der Waals surface area contributed by atoms with Crippen LogP contribution >= 0.6 is 0 Å². The van der Waals surface area contributed by atoms with Crippen LogP contribution in [0, 0.1) is 0 Å². The third-order valence-corrected chi connectivity index (χ3v) is 11.1. The summed E-state index contributed by atoms with van der Waals surface area (Å²) in [4.78, 5) is 33.4. The Kier molecular flexibility index (Phi) is 14.4. The van der Waals surface area contributed by atoms with Gasteiger partial charge in [0.15, 0.2) is 0 Å². The van der Waals surface area contributed by atoms with Crippen LogP contribution in [0.4, 0.5) is 0 Å². The Labute approximate surface area is 199 Å². The molecule has 33 heavy (non-hydrogen) atoms. The van der Waals surface area contributed by atoms with Crippen LogP contribution < -0.4 is 0 Å². The van der Waals surface area contributed by atoms with Crippen LogP contribution in [0.5, 0.6) is 0 Å². The first kappa shape index (κ1) is 30.1. The van der Waals surface area contributed by atoms with Crippen molar-refractivity contribution in [1.82, 2.24) is 0 Å². The van der Waals surface area contributed by atoms with Crippen LogP contribution in [-0.4, -0.2) is 39.4 Å². The minimum Gasteiger partial charge on any atom is -0.515 e. The second-order valence-electron chi connectivity index (χ2n) is 8.23. The topological polar surface area (TPSA) is 78.9 Å². The second kappa shape index (κ2) is 15.8. The van der Waals surface area contributed by atoms with E-state index in [0.717, 1.165) is 11.6 Å². The van der Waals surface area contributed by atoms with Crippen LogP contribution in [0.25, 0.3) is 6.08 Å². The summed E-state index contributed by atoms with van der Waals surface area (Å²) >= 11 is 0. The van der Waals surface area contributed by atoms with Crippen molar-refractivity contribution in [2.45, 2.75) is 58.2 Å². The molecule has 1 rings (SSSR count).